The zero-order valence-electron chi connectivity index (χ0n) is 17.7. The number of rotatable bonds is 5. The third-order valence-electron chi connectivity index (χ3n) is 6.67. The minimum Gasteiger partial charge on any atom is -0.504 e. The summed E-state index contributed by atoms with van der Waals surface area (Å²) in [5, 5.41) is 1.19. The van der Waals surface area contributed by atoms with Gasteiger partial charge in [0.15, 0.2) is 0 Å². The molecule has 4 rings (SSSR count). The van der Waals surface area contributed by atoms with E-state index in [1.165, 1.54) is 23.8 Å². The van der Waals surface area contributed by atoms with Crippen molar-refractivity contribution in [2.45, 2.75) is 32.2 Å². The number of fused-ring (bicyclic) bond motifs is 5. The van der Waals surface area contributed by atoms with Gasteiger partial charge < -0.3 is 19.2 Å². The van der Waals surface area contributed by atoms with Crippen LogP contribution in [0.25, 0.3) is 10.9 Å². The van der Waals surface area contributed by atoms with Crippen molar-refractivity contribution in [3.63, 3.8) is 0 Å². The second-order valence-corrected chi connectivity index (χ2v) is 7.97. The van der Waals surface area contributed by atoms with E-state index in [9.17, 15) is 4.79 Å². The lowest BCUT2D eigenvalue weighted by Gasteiger charge is -2.46. The van der Waals surface area contributed by atoms with E-state index in [1.54, 1.807) is 20.5 Å². The molecule has 29 heavy (non-hydrogen) atoms. The van der Waals surface area contributed by atoms with Crippen molar-refractivity contribution < 1.29 is 19.0 Å². The van der Waals surface area contributed by atoms with E-state index in [4.69, 9.17) is 14.2 Å². The number of esters is 1. The van der Waals surface area contributed by atoms with E-state index in [0.29, 0.717) is 11.5 Å². The molecule has 3 heterocycles. The van der Waals surface area contributed by atoms with Gasteiger partial charge in [0.05, 0.1) is 39.2 Å². The van der Waals surface area contributed by atoms with Crippen LogP contribution in [-0.2, 0) is 20.7 Å². The summed E-state index contributed by atoms with van der Waals surface area (Å²) in [7, 11) is 4.75. The topological polar surface area (TPSA) is 63.8 Å². The smallest absolute Gasteiger partial charge is 0.337 e. The lowest BCUT2D eigenvalue weighted by atomic mass is 9.74. The second-order valence-electron chi connectivity index (χ2n) is 7.97. The van der Waals surface area contributed by atoms with Crippen LogP contribution in [0.1, 0.15) is 37.1 Å². The van der Waals surface area contributed by atoms with E-state index in [2.05, 4.69) is 22.9 Å². The Morgan fingerprint density at radius 2 is 2.14 bits per heavy atom. The first-order valence-corrected chi connectivity index (χ1v) is 10.4. The third kappa shape index (κ3) is 3.29. The zero-order chi connectivity index (χ0) is 20.5. The van der Waals surface area contributed by atoms with Crippen molar-refractivity contribution >= 4 is 16.9 Å². The minimum atomic E-state index is -0.293. The van der Waals surface area contributed by atoms with Crippen molar-refractivity contribution in [2.75, 3.05) is 34.4 Å². The normalized spacial score (nSPS) is 24.7. The highest BCUT2D eigenvalue weighted by molar-refractivity contribution is 5.91. The molecule has 0 bridgehead atoms. The maximum atomic E-state index is 12.5. The van der Waals surface area contributed by atoms with Crippen LogP contribution >= 0.6 is 0 Å². The SMILES string of the molecule is CC[C@H]1CN2CCc3c([nH]c4cccc(OC)c34)C2C[C@@H]1/C(=C\OC)C(=O)OC. The summed E-state index contributed by atoms with van der Waals surface area (Å²) in [6, 6.07) is 6.40. The summed E-state index contributed by atoms with van der Waals surface area (Å²) in [4.78, 5) is 18.7. The van der Waals surface area contributed by atoms with Crippen LogP contribution < -0.4 is 4.74 Å². The van der Waals surface area contributed by atoms with E-state index >= 15 is 0 Å². The molecule has 1 fully saturated rings. The molecule has 0 radical (unpaired) electrons. The summed E-state index contributed by atoms with van der Waals surface area (Å²) < 4.78 is 16.0. The molecule has 1 N–H and O–H groups in total. The van der Waals surface area contributed by atoms with E-state index in [-0.39, 0.29) is 17.9 Å². The molecular formula is C23H30N2O4. The van der Waals surface area contributed by atoms with Gasteiger partial charge in [0.25, 0.3) is 0 Å². The molecule has 156 valence electrons. The number of benzene rings is 1. The molecule has 6 heteroatoms. The molecule has 1 saturated heterocycles. The largest absolute Gasteiger partial charge is 0.504 e. The molecule has 1 unspecified atom stereocenters. The van der Waals surface area contributed by atoms with Crippen LogP contribution in [0.2, 0.25) is 0 Å². The highest BCUT2D eigenvalue weighted by Crippen LogP contribution is 2.47. The molecule has 1 aromatic carbocycles. The first-order valence-electron chi connectivity index (χ1n) is 10.4. The zero-order valence-corrected chi connectivity index (χ0v) is 17.7. The molecule has 2 aliphatic heterocycles. The Kier molecular flexibility index (Phi) is 5.54. The summed E-state index contributed by atoms with van der Waals surface area (Å²) in [6.07, 6.45) is 4.46. The predicted molar refractivity (Wildman–Crippen MR) is 112 cm³/mol. The van der Waals surface area contributed by atoms with Crippen LogP contribution in [0.5, 0.6) is 5.75 Å². The van der Waals surface area contributed by atoms with Gasteiger partial charge in [-0.1, -0.05) is 19.4 Å². The van der Waals surface area contributed by atoms with Gasteiger partial charge in [-0.2, -0.15) is 0 Å². The first-order chi connectivity index (χ1) is 14.1. The Morgan fingerprint density at radius 1 is 1.31 bits per heavy atom. The fourth-order valence-electron chi connectivity index (χ4n) is 5.28. The fraction of sp³-hybridized carbons (Fsp3) is 0.522. The number of hydrogen-bond acceptors (Lipinski definition) is 5. The van der Waals surface area contributed by atoms with Gasteiger partial charge in [0.2, 0.25) is 0 Å². The molecule has 1 aromatic heterocycles. The number of nitrogens with one attached hydrogen (secondary N) is 1. The number of aromatic amines is 1. The molecule has 0 saturated carbocycles. The van der Waals surface area contributed by atoms with E-state index in [1.807, 2.05) is 12.1 Å². The highest BCUT2D eigenvalue weighted by Gasteiger charge is 2.42. The van der Waals surface area contributed by atoms with Gasteiger partial charge in [-0.05, 0) is 42.4 Å². The molecule has 2 aromatic rings. The Morgan fingerprint density at radius 3 is 2.83 bits per heavy atom. The second kappa shape index (κ2) is 8.11. The maximum Gasteiger partial charge on any atom is 0.337 e. The van der Waals surface area contributed by atoms with Gasteiger partial charge in [-0.15, -0.1) is 0 Å². The lowest BCUT2D eigenvalue weighted by molar-refractivity contribution is -0.137. The first kappa shape index (κ1) is 19.8. The average molecular weight is 399 g/mol. The number of ether oxygens (including phenoxy) is 3. The Bertz CT molecular complexity index is 932. The number of H-pyrrole nitrogens is 1. The van der Waals surface area contributed by atoms with Crippen LogP contribution in [0.4, 0.5) is 0 Å². The number of carbonyl (C=O) groups excluding carboxylic acids is 1. The predicted octanol–water partition coefficient (Wildman–Crippen LogP) is 3.83. The lowest BCUT2D eigenvalue weighted by Crippen LogP contribution is -2.47. The fourth-order valence-corrected chi connectivity index (χ4v) is 5.28. The molecule has 0 aliphatic carbocycles. The summed E-state index contributed by atoms with van der Waals surface area (Å²) in [5.74, 6) is 1.12. The van der Waals surface area contributed by atoms with Gasteiger partial charge in [0, 0.05) is 29.7 Å². The third-order valence-corrected chi connectivity index (χ3v) is 6.67. The van der Waals surface area contributed by atoms with Crippen molar-refractivity contribution in [1.82, 2.24) is 9.88 Å². The van der Waals surface area contributed by atoms with E-state index in [0.717, 1.165) is 43.6 Å². The number of carbonyl (C=O) groups is 1. The number of aromatic nitrogens is 1. The molecule has 0 spiro atoms. The van der Waals surface area contributed by atoms with Crippen molar-refractivity contribution in [1.29, 1.82) is 0 Å². The molecule has 6 nitrogen and oxygen atoms in total. The van der Waals surface area contributed by atoms with Gasteiger partial charge in [0.1, 0.15) is 5.75 Å². The molecular weight excluding hydrogens is 368 g/mol. The minimum absolute atomic E-state index is 0.105. The van der Waals surface area contributed by atoms with Crippen LogP contribution in [0.3, 0.4) is 0 Å². The van der Waals surface area contributed by atoms with Crippen LogP contribution in [0.15, 0.2) is 30.0 Å². The maximum absolute atomic E-state index is 12.5. The summed E-state index contributed by atoms with van der Waals surface area (Å²) in [6.45, 7) is 4.19. The average Bonchev–Trinajstić information content (AvgIpc) is 3.15. The van der Waals surface area contributed by atoms with Crippen molar-refractivity contribution in [3.8, 4) is 5.75 Å². The summed E-state index contributed by atoms with van der Waals surface area (Å²) in [5.41, 5.74) is 4.37. The van der Waals surface area contributed by atoms with Crippen molar-refractivity contribution in [2.24, 2.45) is 11.8 Å². The number of methoxy groups -OCH3 is 3. The number of nitrogens with zero attached hydrogens (tertiary/aromatic N) is 1. The Labute approximate surface area is 171 Å². The quantitative estimate of drug-likeness (QED) is 0.471. The standard InChI is InChI=1S/C23H30N2O4/c1-5-14-12-25-10-9-15-21-18(7-6-8-20(21)28-3)24-22(15)19(25)11-16(14)17(13-27-2)23(26)29-4/h6-8,13-14,16,19,24H,5,9-12H2,1-4H3/b17-13+/t14-,16-,19?/m0/s1. The number of piperidine rings is 1. The summed E-state index contributed by atoms with van der Waals surface area (Å²) >= 11 is 0. The number of hydrogen-bond donors (Lipinski definition) is 1. The highest BCUT2D eigenvalue weighted by atomic mass is 16.5. The van der Waals surface area contributed by atoms with Gasteiger partial charge in [-0.25, -0.2) is 4.79 Å². The monoisotopic (exact) mass is 398 g/mol. The van der Waals surface area contributed by atoms with Gasteiger partial charge in [-0.3, -0.25) is 4.90 Å². The van der Waals surface area contributed by atoms with Crippen LogP contribution in [-0.4, -0.2) is 50.3 Å². The van der Waals surface area contributed by atoms with E-state index < -0.39 is 0 Å². The van der Waals surface area contributed by atoms with Crippen molar-refractivity contribution in [3.05, 3.63) is 41.3 Å². The van der Waals surface area contributed by atoms with Crippen LogP contribution in [0, 0.1) is 11.8 Å². The molecule has 3 atom stereocenters. The Balaban J connectivity index is 1.76. The van der Waals surface area contributed by atoms with Gasteiger partial charge >= 0.3 is 5.97 Å². The molecule has 0 amide bonds. The Hall–Kier alpha value is -2.47. The molecule has 2 aliphatic rings.